The highest BCUT2D eigenvalue weighted by molar-refractivity contribution is 5.86. The van der Waals surface area contributed by atoms with Crippen LogP contribution in [0.25, 0.3) is 0 Å². The van der Waals surface area contributed by atoms with E-state index >= 15 is 0 Å². The Hall–Kier alpha value is -2.51. The molecule has 1 aromatic heterocycles. The van der Waals surface area contributed by atoms with Gasteiger partial charge < -0.3 is 25.8 Å². The van der Waals surface area contributed by atoms with Gasteiger partial charge in [-0.15, -0.1) is 0 Å². The molecule has 1 aromatic rings. The van der Waals surface area contributed by atoms with Crippen molar-refractivity contribution < 1.29 is 19.4 Å². The fraction of sp³-hybridized carbons (Fsp3) is 0.533. The maximum absolute atomic E-state index is 12.0. The summed E-state index contributed by atoms with van der Waals surface area (Å²) in [4.78, 5) is 28.6. The van der Waals surface area contributed by atoms with Crippen LogP contribution in [-0.2, 0) is 4.74 Å². The van der Waals surface area contributed by atoms with E-state index in [1.54, 1.807) is 4.90 Å². The number of rotatable bonds is 3. The first-order valence-electron chi connectivity index (χ1n) is 7.40. The third kappa shape index (κ3) is 4.48. The number of nitrogens with zero attached hydrogens (tertiary/aromatic N) is 2. The van der Waals surface area contributed by atoms with Gasteiger partial charge in [-0.25, -0.2) is 14.6 Å². The minimum atomic E-state index is -1.12. The van der Waals surface area contributed by atoms with E-state index in [0.717, 1.165) is 0 Å². The number of aromatic carboxylic acids is 1. The Morgan fingerprint density at radius 2 is 2.13 bits per heavy atom. The average molecular weight is 322 g/mol. The molecular formula is C15H22N4O4. The van der Waals surface area contributed by atoms with Crippen LogP contribution in [-0.4, -0.2) is 51.8 Å². The SMILES string of the molecule is CC(C)(C)OC(=O)N1CCC(Nc2nc(C(=O)O)ccc2N)C1. The van der Waals surface area contributed by atoms with Crippen molar-refractivity contribution >= 4 is 23.6 Å². The van der Waals surface area contributed by atoms with Crippen molar-refractivity contribution in [2.45, 2.75) is 38.8 Å². The van der Waals surface area contributed by atoms with Crippen molar-refractivity contribution in [1.29, 1.82) is 0 Å². The lowest BCUT2D eigenvalue weighted by atomic mass is 10.2. The lowest BCUT2D eigenvalue weighted by Crippen LogP contribution is -2.36. The van der Waals surface area contributed by atoms with Crippen LogP contribution in [0.3, 0.4) is 0 Å². The number of anilines is 2. The molecule has 1 saturated heterocycles. The van der Waals surface area contributed by atoms with E-state index < -0.39 is 11.6 Å². The van der Waals surface area contributed by atoms with Crippen LogP contribution in [0.2, 0.25) is 0 Å². The second-order valence-electron chi connectivity index (χ2n) is 6.50. The summed E-state index contributed by atoms with van der Waals surface area (Å²) in [6.07, 6.45) is 0.347. The number of pyridine rings is 1. The van der Waals surface area contributed by atoms with E-state index in [0.29, 0.717) is 31.0 Å². The fourth-order valence-corrected chi connectivity index (χ4v) is 2.27. The van der Waals surface area contributed by atoms with Crippen molar-refractivity contribution in [2.24, 2.45) is 0 Å². The van der Waals surface area contributed by atoms with Gasteiger partial charge in [0.1, 0.15) is 11.4 Å². The molecule has 1 fully saturated rings. The largest absolute Gasteiger partial charge is 0.477 e. The number of hydrogen-bond donors (Lipinski definition) is 3. The highest BCUT2D eigenvalue weighted by atomic mass is 16.6. The number of carbonyl (C=O) groups is 2. The Morgan fingerprint density at radius 3 is 2.74 bits per heavy atom. The first kappa shape index (κ1) is 16.9. The summed E-state index contributed by atoms with van der Waals surface area (Å²) in [5, 5.41) is 12.1. The highest BCUT2D eigenvalue weighted by Gasteiger charge is 2.30. The fourth-order valence-electron chi connectivity index (χ4n) is 2.27. The number of amides is 1. The Labute approximate surface area is 134 Å². The van der Waals surface area contributed by atoms with Crippen LogP contribution in [0.1, 0.15) is 37.7 Å². The van der Waals surface area contributed by atoms with Crippen molar-refractivity contribution in [2.75, 3.05) is 24.1 Å². The molecule has 1 unspecified atom stereocenters. The molecule has 2 rings (SSSR count). The first-order valence-corrected chi connectivity index (χ1v) is 7.40. The van der Waals surface area contributed by atoms with Gasteiger partial charge in [-0.1, -0.05) is 0 Å². The predicted molar refractivity (Wildman–Crippen MR) is 85.4 cm³/mol. The van der Waals surface area contributed by atoms with Gasteiger partial charge in [-0.2, -0.15) is 0 Å². The van der Waals surface area contributed by atoms with Gasteiger partial charge in [0.05, 0.1) is 5.69 Å². The van der Waals surface area contributed by atoms with Crippen LogP contribution < -0.4 is 11.1 Å². The van der Waals surface area contributed by atoms with Crippen LogP contribution in [0.4, 0.5) is 16.3 Å². The van der Waals surface area contributed by atoms with Gasteiger partial charge in [0.15, 0.2) is 5.69 Å². The molecule has 2 heterocycles. The van der Waals surface area contributed by atoms with Crippen LogP contribution >= 0.6 is 0 Å². The van der Waals surface area contributed by atoms with Crippen LogP contribution in [0, 0.1) is 0 Å². The maximum atomic E-state index is 12.0. The number of nitrogens with two attached hydrogens (primary N) is 1. The summed E-state index contributed by atoms with van der Waals surface area (Å²) in [6, 6.07) is 2.80. The maximum Gasteiger partial charge on any atom is 0.410 e. The van der Waals surface area contributed by atoms with Gasteiger partial charge >= 0.3 is 12.1 Å². The molecule has 1 amide bonds. The van der Waals surface area contributed by atoms with E-state index in [-0.39, 0.29) is 17.8 Å². The van der Waals surface area contributed by atoms with E-state index in [4.69, 9.17) is 15.6 Å². The lowest BCUT2D eigenvalue weighted by Gasteiger charge is -2.24. The zero-order valence-electron chi connectivity index (χ0n) is 13.5. The Morgan fingerprint density at radius 1 is 1.43 bits per heavy atom. The smallest absolute Gasteiger partial charge is 0.410 e. The summed E-state index contributed by atoms with van der Waals surface area (Å²) < 4.78 is 5.34. The second-order valence-corrected chi connectivity index (χ2v) is 6.50. The summed E-state index contributed by atoms with van der Waals surface area (Å²) in [6.45, 7) is 6.47. The molecule has 0 spiro atoms. The molecule has 1 aliphatic heterocycles. The minimum absolute atomic E-state index is 0.0543. The van der Waals surface area contributed by atoms with Crippen molar-refractivity contribution in [3.05, 3.63) is 17.8 Å². The van der Waals surface area contributed by atoms with E-state index in [9.17, 15) is 9.59 Å². The molecule has 4 N–H and O–H groups in total. The molecule has 0 radical (unpaired) electrons. The third-order valence-corrected chi connectivity index (χ3v) is 3.33. The number of nitrogens with one attached hydrogen (secondary N) is 1. The molecule has 23 heavy (non-hydrogen) atoms. The highest BCUT2D eigenvalue weighted by Crippen LogP contribution is 2.21. The van der Waals surface area contributed by atoms with Crippen LogP contribution in [0.15, 0.2) is 12.1 Å². The van der Waals surface area contributed by atoms with E-state index in [1.807, 2.05) is 20.8 Å². The molecule has 1 atom stereocenters. The Bertz CT molecular complexity index is 612. The number of likely N-dealkylation sites (tertiary alicyclic amines) is 1. The average Bonchev–Trinajstić information content (AvgIpc) is 2.88. The van der Waals surface area contributed by atoms with Crippen molar-refractivity contribution in [1.82, 2.24) is 9.88 Å². The molecule has 0 aliphatic carbocycles. The summed E-state index contributed by atoms with van der Waals surface area (Å²) in [7, 11) is 0. The molecule has 0 saturated carbocycles. The first-order chi connectivity index (χ1) is 10.7. The number of ether oxygens (including phenoxy) is 1. The third-order valence-electron chi connectivity index (χ3n) is 3.33. The topological polar surface area (TPSA) is 118 Å². The zero-order valence-corrected chi connectivity index (χ0v) is 13.5. The molecule has 8 nitrogen and oxygen atoms in total. The number of nitrogen functional groups attached to an aromatic ring is 1. The van der Waals surface area contributed by atoms with Gasteiger partial charge in [0.2, 0.25) is 0 Å². The number of carbonyl (C=O) groups excluding carboxylic acids is 1. The molecule has 1 aliphatic rings. The van der Waals surface area contributed by atoms with Gasteiger partial charge in [0, 0.05) is 19.1 Å². The number of carboxylic acid groups (broad SMARTS) is 1. The standard InChI is InChI=1S/C15H22N4O4/c1-15(2,3)23-14(22)19-7-6-9(8-19)17-12-10(16)4-5-11(18-12)13(20)21/h4-5,9H,6-8,16H2,1-3H3,(H,17,18)(H,20,21). The number of carboxylic acids is 1. The summed E-state index contributed by atoms with van der Waals surface area (Å²) in [5.74, 6) is -0.796. The normalized spacial score (nSPS) is 17.9. The molecule has 0 aromatic carbocycles. The molecule has 8 heteroatoms. The van der Waals surface area contributed by atoms with Gasteiger partial charge in [-0.05, 0) is 39.3 Å². The van der Waals surface area contributed by atoms with Gasteiger partial charge in [0.25, 0.3) is 0 Å². The predicted octanol–water partition coefficient (Wildman–Crippen LogP) is 1.78. The number of aromatic nitrogens is 1. The number of hydrogen-bond acceptors (Lipinski definition) is 6. The minimum Gasteiger partial charge on any atom is -0.477 e. The molecular weight excluding hydrogens is 300 g/mol. The monoisotopic (exact) mass is 322 g/mol. The summed E-state index contributed by atoms with van der Waals surface area (Å²) in [5.41, 5.74) is 5.57. The van der Waals surface area contributed by atoms with E-state index in [2.05, 4.69) is 10.3 Å². The lowest BCUT2D eigenvalue weighted by molar-refractivity contribution is 0.0293. The quantitative estimate of drug-likeness (QED) is 0.776. The van der Waals surface area contributed by atoms with Crippen LogP contribution in [0.5, 0.6) is 0 Å². The Kier molecular flexibility index (Phi) is 4.63. The van der Waals surface area contributed by atoms with Crippen molar-refractivity contribution in [3.63, 3.8) is 0 Å². The molecule has 126 valence electrons. The second kappa shape index (κ2) is 6.31. The summed E-state index contributed by atoms with van der Waals surface area (Å²) >= 11 is 0. The van der Waals surface area contributed by atoms with E-state index in [1.165, 1.54) is 12.1 Å². The van der Waals surface area contributed by atoms with Gasteiger partial charge in [-0.3, -0.25) is 0 Å². The Balaban J connectivity index is 1.99. The molecule has 0 bridgehead atoms. The zero-order chi connectivity index (χ0) is 17.2. The van der Waals surface area contributed by atoms with Crippen molar-refractivity contribution in [3.8, 4) is 0 Å².